The van der Waals surface area contributed by atoms with Gasteiger partial charge in [0.15, 0.2) is 0 Å². The van der Waals surface area contributed by atoms with Gasteiger partial charge in [-0.3, -0.25) is 0 Å². The lowest BCUT2D eigenvalue weighted by Gasteiger charge is -2.35. The Balaban J connectivity index is 2.25. The quantitative estimate of drug-likeness (QED) is 0.704. The van der Waals surface area contributed by atoms with E-state index < -0.39 is 0 Å². The molecular formula is C11H24N2. The third-order valence-electron chi connectivity index (χ3n) is 2.67. The molecule has 1 saturated heterocycles. The second-order valence-corrected chi connectivity index (χ2v) is 5.10. The van der Waals surface area contributed by atoms with E-state index in [1.807, 2.05) is 0 Å². The Morgan fingerprint density at radius 3 is 2.15 bits per heavy atom. The molecule has 2 heteroatoms. The van der Waals surface area contributed by atoms with E-state index in [0.29, 0.717) is 0 Å². The summed E-state index contributed by atoms with van der Waals surface area (Å²) < 4.78 is 0. The summed E-state index contributed by atoms with van der Waals surface area (Å²) in [6, 6.07) is 0.739. The van der Waals surface area contributed by atoms with Crippen molar-refractivity contribution in [2.45, 2.75) is 52.1 Å². The SMILES string of the molecule is CCN1CCC(NC(C)(C)C)CC1. The predicted octanol–water partition coefficient (Wildman–Crippen LogP) is 1.86. The molecule has 1 aliphatic heterocycles. The third-order valence-corrected chi connectivity index (χ3v) is 2.67. The van der Waals surface area contributed by atoms with Crippen molar-refractivity contribution in [2.24, 2.45) is 0 Å². The van der Waals surface area contributed by atoms with Crippen molar-refractivity contribution in [1.82, 2.24) is 10.2 Å². The average molecular weight is 184 g/mol. The fraction of sp³-hybridized carbons (Fsp3) is 1.00. The van der Waals surface area contributed by atoms with E-state index in [4.69, 9.17) is 0 Å². The van der Waals surface area contributed by atoms with Crippen LogP contribution in [0.25, 0.3) is 0 Å². The maximum absolute atomic E-state index is 3.68. The molecule has 1 heterocycles. The normalized spacial score (nSPS) is 22.2. The zero-order valence-corrected chi connectivity index (χ0v) is 9.56. The van der Waals surface area contributed by atoms with Crippen molar-refractivity contribution in [2.75, 3.05) is 19.6 Å². The lowest BCUT2D eigenvalue weighted by atomic mass is 10.0. The number of hydrogen-bond acceptors (Lipinski definition) is 2. The van der Waals surface area contributed by atoms with Crippen LogP contribution < -0.4 is 5.32 Å². The van der Waals surface area contributed by atoms with Gasteiger partial charge in [0.2, 0.25) is 0 Å². The molecule has 1 rings (SSSR count). The van der Waals surface area contributed by atoms with Gasteiger partial charge in [0, 0.05) is 11.6 Å². The molecule has 0 saturated carbocycles. The Hall–Kier alpha value is -0.0800. The molecular weight excluding hydrogens is 160 g/mol. The molecule has 13 heavy (non-hydrogen) atoms. The highest BCUT2D eigenvalue weighted by Crippen LogP contribution is 2.13. The van der Waals surface area contributed by atoms with E-state index in [1.165, 1.54) is 32.5 Å². The van der Waals surface area contributed by atoms with Crippen LogP contribution >= 0.6 is 0 Å². The van der Waals surface area contributed by atoms with E-state index in [9.17, 15) is 0 Å². The van der Waals surface area contributed by atoms with Gasteiger partial charge in [0.25, 0.3) is 0 Å². The first-order chi connectivity index (χ1) is 6.01. The molecule has 0 radical (unpaired) electrons. The van der Waals surface area contributed by atoms with Gasteiger partial charge in [-0.15, -0.1) is 0 Å². The minimum atomic E-state index is 0.277. The molecule has 0 aromatic heterocycles. The largest absolute Gasteiger partial charge is 0.309 e. The van der Waals surface area contributed by atoms with Gasteiger partial charge in [-0.2, -0.15) is 0 Å². The standard InChI is InChI=1S/C11H24N2/c1-5-13-8-6-10(7-9-13)12-11(2,3)4/h10,12H,5-9H2,1-4H3. The highest BCUT2D eigenvalue weighted by Gasteiger charge is 2.21. The second kappa shape index (κ2) is 4.43. The molecule has 0 aliphatic carbocycles. The molecule has 0 aromatic carbocycles. The molecule has 0 aromatic rings. The second-order valence-electron chi connectivity index (χ2n) is 5.10. The summed E-state index contributed by atoms with van der Waals surface area (Å²) in [5.41, 5.74) is 0.277. The Kier molecular flexibility index (Phi) is 3.74. The van der Waals surface area contributed by atoms with Crippen LogP contribution in [0.2, 0.25) is 0 Å². The van der Waals surface area contributed by atoms with E-state index in [1.54, 1.807) is 0 Å². The fourth-order valence-corrected chi connectivity index (χ4v) is 2.01. The first-order valence-corrected chi connectivity index (χ1v) is 5.51. The van der Waals surface area contributed by atoms with Crippen LogP contribution in [0.1, 0.15) is 40.5 Å². The van der Waals surface area contributed by atoms with Gasteiger partial charge >= 0.3 is 0 Å². The third kappa shape index (κ3) is 4.10. The van der Waals surface area contributed by atoms with Crippen LogP contribution in [0.5, 0.6) is 0 Å². The highest BCUT2D eigenvalue weighted by atomic mass is 15.1. The molecule has 0 amide bonds. The molecule has 1 aliphatic rings. The lowest BCUT2D eigenvalue weighted by molar-refractivity contribution is 0.188. The average Bonchev–Trinajstić information content (AvgIpc) is 2.03. The number of piperidine rings is 1. The summed E-state index contributed by atoms with van der Waals surface area (Å²) in [4.78, 5) is 2.53. The first kappa shape index (κ1) is 11.0. The predicted molar refractivity (Wildman–Crippen MR) is 58.0 cm³/mol. The van der Waals surface area contributed by atoms with Crippen LogP contribution in [0.15, 0.2) is 0 Å². The zero-order chi connectivity index (χ0) is 9.90. The van der Waals surface area contributed by atoms with Gasteiger partial charge in [-0.1, -0.05) is 6.92 Å². The fourth-order valence-electron chi connectivity index (χ4n) is 2.01. The maximum atomic E-state index is 3.68. The van der Waals surface area contributed by atoms with Crippen LogP contribution in [-0.4, -0.2) is 36.1 Å². The molecule has 0 spiro atoms. The Bertz CT molecular complexity index is 141. The summed E-state index contributed by atoms with van der Waals surface area (Å²) in [7, 11) is 0. The number of rotatable bonds is 2. The summed E-state index contributed by atoms with van der Waals surface area (Å²) >= 11 is 0. The van der Waals surface area contributed by atoms with E-state index >= 15 is 0 Å². The van der Waals surface area contributed by atoms with Gasteiger partial charge in [-0.05, 0) is 53.2 Å². The van der Waals surface area contributed by atoms with E-state index in [-0.39, 0.29) is 5.54 Å². The molecule has 0 unspecified atom stereocenters. The van der Waals surface area contributed by atoms with E-state index in [2.05, 4.69) is 37.9 Å². The van der Waals surface area contributed by atoms with Crippen molar-refractivity contribution >= 4 is 0 Å². The topological polar surface area (TPSA) is 15.3 Å². The number of likely N-dealkylation sites (tertiary alicyclic amines) is 1. The first-order valence-electron chi connectivity index (χ1n) is 5.51. The van der Waals surface area contributed by atoms with Crippen molar-refractivity contribution in [1.29, 1.82) is 0 Å². The molecule has 0 atom stereocenters. The van der Waals surface area contributed by atoms with Crippen molar-refractivity contribution < 1.29 is 0 Å². The van der Waals surface area contributed by atoms with Gasteiger partial charge in [0.05, 0.1) is 0 Å². The Morgan fingerprint density at radius 2 is 1.77 bits per heavy atom. The monoisotopic (exact) mass is 184 g/mol. The van der Waals surface area contributed by atoms with Crippen molar-refractivity contribution in [3.8, 4) is 0 Å². The Labute approximate surface area is 82.7 Å². The Morgan fingerprint density at radius 1 is 1.23 bits per heavy atom. The molecule has 78 valence electrons. The number of hydrogen-bond donors (Lipinski definition) is 1. The van der Waals surface area contributed by atoms with Gasteiger partial charge in [0.1, 0.15) is 0 Å². The van der Waals surface area contributed by atoms with Crippen molar-refractivity contribution in [3.05, 3.63) is 0 Å². The minimum absolute atomic E-state index is 0.277. The smallest absolute Gasteiger partial charge is 0.00991 e. The molecule has 1 N–H and O–H groups in total. The number of nitrogens with zero attached hydrogens (tertiary/aromatic N) is 1. The molecule has 0 bridgehead atoms. The van der Waals surface area contributed by atoms with Crippen LogP contribution in [0.3, 0.4) is 0 Å². The van der Waals surface area contributed by atoms with E-state index in [0.717, 1.165) is 6.04 Å². The van der Waals surface area contributed by atoms with Crippen LogP contribution in [0, 0.1) is 0 Å². The van der Waals surface area contributed by atoms with Crippen LogP contribution in [-0.2, 0) is 0 Å². The van der Waals surface area contributed by atoms with Crippen LogP contribution in [0.4, 0.5) is 0 Å². The maximum Gasteiger partial charge on any atom is 0.00991 e. The summed E-state index contributed by atoms with van der Waals surface area (Å²) in [5, 5.41) is 3.68. The van der Waals surface area contributed by atoms with Gasteiger partial charge in [-0.25, -0.2) is 0 Å². The van der Waals surface area contributed by atoms with Crippen molar-refractivity contribution in [3.63, 3.8) is 0 Å². The molecule has 2 nitrogen and oxygen atoms in total. The highest BCUT2D eigenvalue weighted by molar-refractivity contribution is 4.82. The van der Waals surface area contributed by atoms with Gasteiger partial charge < -0.3 is 10.2 Å². The molecule has 1 fully saturated rings. The summed E-state index contributed by atoms with van der Waals surface area (Å²) in [6.45, 7) is 12.7. The minimum Gasteiger partial charge on any atom is -0.309 e. The zero-order valence-electron chi connectivity index (χ0n) is 9.56. The summed E-state index contributed by atoms with van der Waals surface area (Å²) in [5.74, 6) is 0. The number of nitrogens with one attached hydrogen (secondary N) is 1. The summed E-state index contributed by atoms with van der Waals surface area (Å²) in [6.07, 6.45) is 2.62. The lowest BCUT2D eigenvalue weighted by Crippen LogP contribution is -2.49.